The maximum absolute atomic E-state index is 8.75. The lowest BCUT2D eigenvalue weighted by Crippen LogP contribution is -2.14. The second kappa shape index (κ2) is 7.10. The Labute approximate surface area is 119 Å². The third-order valence-corrected chi connectivity index (χ3v) is 2.36. The van der Waals surface area contributed by atoms with Crippen LogP contribution in [0, 0.1) is 0 Å². The van der Waals surface area contributed by atoms with Gasteiger partial charge >= 0.3 is 0 Å². The average Bonchev–Trinajstić information content (AvgIpc) is 2.26. The summed E-state index contributed by atoms with van der Waals surface area (Å²) in [6, 6.07) is 0. The van der Waals surface area contributed by atoms with E-state index >= 15 is 0 Å². The Kier molecular flexibility index (Phi) is 6.10. The summed E-state index contributed by atoms with van der Waals surface area (Å²) in [5, 5.41) is 22.5. The minimum atomic E-state index is -1.39. The number of nitrogens with one attached hydrogen (secondary N) is 2. The number of aliphatic hydroxyl groups is 2. The van der Waals surface area contributed by atoms with Gasteiger partial charge in [-0.15, -0.1) is 0 Å². The number of hydrogen-bond donors (Lipinski definition) is 4. The molecule has 0 atom stereocenters. The molecule has 4 N–H and O–H groups in total. The van der Waals surface area contributed by atoms with Crippen molar-refractivity contribution in [2.24, 2.45) is 0 Å². The van der Waals surface area contributed by atoms with Crippen LogP contribution in [0.1, 0.15) is 12.2 Å². The number of aliphatic hydroxyl groups excluding tert-OH is 2. The molecule has 1 aromatic heterocycles. The van der Waals surface area contributed by atoms with Crippen molar-refractivity contribution in [3.05, 3.63) is 5.82 Å². The van der Waals surface area contributed by atoms with Gasteiger partial charge in [0, 0.05) is 12.8 Å². The summed E-state index contributed by atoms with van der Waals surface area (Å²) < 4.78 is -1.39. The lowest BCUT2D eigenvalue weighted by Gasteiger charge is -2.11. The highest BCUT2D eigenvalue weighted by Crippen LogP contribution is 2.31. The Morgan fingerprint density at radius 3 is 1.83 bits per heavy atom. The molecule has 0 aliphatic rings. The van der Waals surface area contributed by atoms with E-state index < -0.39 is 3.79 Å². The van der Waals surface area contributed by atoms with E-state index in [4.69, 9.17) is 45.0 Å². The summed E-state index contributed by atoms with van der Waals surface area (Å²) in [5.41, 5.74) is 0. The van der Waals surface area contributed by atoms with Gasteiger partial charge in [0.15, 0.2) is 3.79 Å². The molecule has 0 spiro atoms. The topological polar surface area (TPSA) is 103 Å². The van der Waals surface area contributed by atoms with Crippen LogP contribution in [0.15, 0.2) is 0 Å². The number of alkyl halides is 3. The first-order valence-electron chi connectivity index (χ1n) is 4.96. The molecule has 1 heterocycles. The zero-order valence-corrected chi connectivity index (χ0v) is 11.5. The SMILES string of the molecule is OCNc1nc(CCC(Cl)(Cl)Cl)nc(NCO)n1. The predicted octanol–water partition coefficient (Wildman–Crippen LogP) is 0.898. The van der Waals surface area contributed by atoms with Gasteiger partial charge in [0.1, 0.15) is 19.3 Å². The molecule has 1 aromatic rings. The number of rotatable bonds is 6. The van der Waals surface area contributed by atoms with E-state index in [0.29, 0.717) is 12.2 Å². The van der Waals surface area contributed by atoms with Crippen LogP contribution in [0.4, 0.5) is 11.9 Å². The molecule has 0 aliphatic heterocycles. The molecule has 0 bridgehead atoms. The van der Waals surface area contributed by atoms with Crippen LogP contribution in [-0.4, -0.2) is 42.4 Å². The van der Waals surface area contributed by atoms with E-state index in [-0.39, 0.29) is 31.8 Å². The normalized spacial score (nSPS) is 11.4. The van der Waals surface area contributed by atoms with Crippen LogP contribution in [0.2, 0.25) is 0 Å². The largest absolute Gasteiger partial charge is 0.376 e. The zero-order valence-electron chi connectivity index (χ0n) is 9.20. The van der Waals surface area contributed by atoms with Crippen molar-refractivity contribution in [3.63, 3.8) is 0 Å². The van der Waals surface area contributed by atoms with Crippen LogP contribution < -0.4 is 10.6 Å². The first-order valence-corrected chi connectivity index (χ1v) is 6.09. The molecule has 0 aromatic carbocycles. The highest BCUT2D eigenvalue weighted by atomic mass is 35.6. The summed E-state index contributed by atoms with van der Waals surface area (Å²) in [4.78, 5) is 11.9. The molecule has 7 nitrogen and oxygen atoms in total. The van der Waals surface area contributed by atoms with Crippen LogP contribution in [-0.2, 0) is 6.42 Å². The molecule has 10 heteroatoms. The summed E-state index contributed by atoms with van der Waals surface area (Å²) in [6.07, 6.45) is 0.554. The second-order valence-electron chi connectivity index (χ2n) is 3.18. The molecular weight excluding hydrogens is 304 g/mol. The molecule has 1 rings (SSSR count). The van der Waals surface area contributed by atoms with Crippen LogP contribution >= 0.6 is 34.8 Å². The molecule has 0 amide bonds. The number of nitrogens with zero attached hydrogens (tertiary/aromatic N) is 3. The number of aryl methyl sites for hydroxylation is 1. The van der Waals surface area contributed by atoms with Crippen molar-refractivity contribution in [2.45, 2.75) is 16.6 Å². The quantitative estimate of drug-likeness (QED) is 0.456. The van der Waals surface area contributed by atoms with Gasteiger partial charge in [0.05, 0.1) is 0 Å². The highest BCUT2D eigenvalue weighted by Gasteiger charge is 2.20. The van der Waals surface area contributed by atoms with Crippen molar-refractivity contribution in [1.82, 2.24) is 15.0 Å². The third kappa shape index (κ3) is 5.83. The highest BCUT2D eigenvalue weighted by molar-refractivity contribution is 6.67. The van der Waals surface area contributed by atoms with Crippen LogP contribution in [0.3, 0.4) is 0 Å². The smallest absolute Gasteiger partial charge is 0.229 e. The molecule has 0 unspecified atom stereocenters. The van der Waals surface area contributed by atoms with Crippen molar-refractivity contribution in [1.29, 1.82) is 0 Å². The van der Waals surface area contributed by atoms with E-state index in [2.05, 4.69) is 25.6 Å². The minimum absolute atomic E-state index is 0.169. The molecule has 0 saturated heterocycles. The molecular formula is C8H12Cl3N5O2. The Balaban J connectivity index is 2.81. The standard InChI is InChI=1S/C8H12Cl3N5O2/c9-8(10,11)2-1-5-14-6(12-3-17)16-7(15-5)13-4-18/h17-18H,1-4H2,(H2,12,13,14,15,16). The Morgan fingerprint density at radius 1 is 0.944 bits per heavy atom. The average molecular weight is 317 g/mol. The molecule has 18 heavy (non-hydrogen) atoms. The lowest BCUT2D eigenvalue weighted by atomic mass is 10.3. The molecule has 0 radical (unpaired) electrons. The maximum Gasteiger partial charge on any atom is 0.229 e. The van der Waals surface area contributed by atoms with Gasteiger partial charge in [0.2, 0.25) is 11.9 Å². The fourth-order valence-electron chi connectivity index (χ4n) is 1.08. The van der Waals surface area contributed by atoms with Crippen molar-refractivity contribution < 1.29 is 10.2 Å². The maximum atomic E-state index is 8.75. The molecule has 102 valence electrons. The van der Waals surface area contributed by atoms with Gasteiger partial charge < -0.3 is 20.8 Å². The lowest BCUT2D eigenvalue weighted by molar-refractivity contribution is 0.323. The number of aromatic nitrogens is 3. The fraction of sp³-hybridized carbons (Fsp3) is 0.625. The predicted molar refractivity (Wildman–Crippen MR) is 69.9 cm³/mol. The summed E-state index contributed by atoms with van der Waals surface area (Å²) in [5.74, 6) is 0.716. The second-order valence-corrected chi connectivity index (χ2v) is 5.70. The van der Waals surface area contributed by atoms with E-state index in [1.807, 2.05) is 0 Å². The summed E-state index contributed by atoms with van der Waals surface area (Å²) >= 11 is 16.9. The monoisotopic (exact) mass is 315 g/mol. The third-order valence-electron chi connectivity index (χ3n) is 1.79. The van der Waals surface area contributed by atoms with Crippen molar-refractivity contribution in [3.8, 4) is 0 Å². The van der Waals surface area contributed by atoms with Gasteiger partial charge in [0.25, 0.3) is 0 Å². The van der Waals surface area contributed by atoms with Crippen molar-refractivity contribution in [2.75, 3.05) is 24.1 Å². The summed E-state index contributed by atoms with van der Waals surface area (Å²) in [7, 11) is 0. The Morgan fingerprint density at radius 2 is 1.44 bits per heavy atom. The van der Waals surface area contributed by atoms with E-state index in [0.717, 1.165) is 0 Å². The Hall–Kier alpha value is -0.600. The first kappa shape index (κ1) is 15.5. The molecule has 0 aliphatic carbocycles. The van der Waals surface area contributed by atoms with Crippen LogP contribution in [0.25, 0.3) is 0 Å². The summed E-state index contributed by atoms with van der Waals surface area (Å²) in [6.45, 7) is -0.654. The van der Waals surface area contributed by atoms with Gasteiger partial charge in [-0.25, -0.2) is 0 Å². The number of halogens is 3. The van der Waals surface area contributed by atoms with Gasteiger partial charge in [-0.3, -0.25) is 0 Å². The zero-order chi connectivity index (χ0) is 13.6. The minimum Gasteiger partial charge on any atom is -0.376 e. The first-order chi connectivity index (χ1) is 8.44. The van der Waals surface area contributed by atoms with E-state index in [9.17, 15) is 0 Å². The van der Waals surface area contributed by atoms with E-state index in [1.165, 1.54) is 0 Å². The van der Waals surface area contributed by atoms with Gasteiger partial charge in [-0.05, 0) is 0 Å². The molecule has 0 saturated carbocycles. The van der Waals surface area contributed by atoms with Crippen molar-refractivity contribution >= 4 is 46.7 Å². The van der Waals surface area contributed by atoms with Gasteiger partial charge in [-0.1, -0.05) is 34.8 Å². The molecule has 0 fully saturated rings. The number of anilines is 2. The fourth-order valence-corrected chi connectivity index (χ4v) is 1.37. The van der Waals surface area contributed by atoms with Gasteiger partial charge in [-0.2, -0.15) is 15.0 Å². The van der Waals surface area contributed by atoms with E-state index in [1.54, 1.807) is 0 Å². The Bertz CT molecular complexity index is 363. The van der Waals surface area contributed by atoms with Crippen LogP contribution in [0.5, 0.6) is 0 Å². The number of hydrogen-bond acceptors (Lipinski definition) is 7.